The Morgan fingerprint density at radius 1 is 1.06 bits per heavy atom. The minimum Gasteiger partial charge on any atom is -0.369 e. The van der Waals surface area contributed by atoms with Gasteiger partial charge < -0.3 is 5.32 Å². The molecule has 94 valence electrons. The Kier molecular flexibility index (Phi) is 4.02. The Morgan fingerprint density at radius 3 is 2.44 bits per heavy atom. The van der Waals surface area contributed by atoms with Crippen molar-refractivity contribution in [2.45, 2.75) is 19.3 Å². The zero-order valence-electron chi connectivity index (χ0n) is 10.7. The smallest absolute Gasteiger partial charge is 0.127 e. The quantitative estimate of drug-likeness (QED) is 0.855. The molecule has 3 heteroatoms. The maximum absolute atomic E-state index is 4.38. The van der Waals surface area contributed by atoms with Gasteiger partial charge in [-0.15, -0.1) is 0 Å². The molecule has 0 atom stereocenters. The number of nitrogens with one attached hydrogen (secondary N) is 1. The normalized spacial score (nSPS) is 11.3. The minimum atomic E-state index is 0.0747. The lowest BCUT2D eigenvalue weighted by atomic mass is 9.85. The zero-order valence-corrected chi connectivity index (χ0v) is 12.2. The van der Waals surface area contributed by atoms with Crippen LogP contribution in [0.25, 0.3) is 0 Å². The molecule has 0 aliphatic rings. The molecule has 0 aliphatic heterocycles. The second kappa shape index (κ2) is 5.53. The van der Waals surface area contributed by atoms with Gasteiger partial charge in [0.25, 0.3) is 0 Å². The van der Waals surface area contributed by atoms with Crippen LogP contribution in [-0.4, -0.2) is 11.5 Å². The van der Waals surface area contributed by atoms with Crippen molar-refractivity contribution >= 4 is 21.7 Å². The predicted octanol–water partition coefficient (Wildman–Crippen LogP) is 4.23. The monoisotopic (exact) mass is 304 g/mol. The molecule has 2 rings (SSSR count). The SMILES string of the molecule is CC(C)(CNc1cccc(Br)n1)c1ccccc1. The third-order valence-electron chi connectivity index (χ3n) is 2.98. The maximum atomic E-state index is 4.38. The number of hydrogen-bond donors (Lipinski definition) is 1. The van der Waals surface area contributed by atoms with Gasteiger partial charge >= 0.3 is 0 Å². The Labute approximate surface area is 117 Å². The Balaban J connectivity index is 2.05. The molecular weight excluding hydrogens is 288 g/mol. The van der Waals surface area contributed by atoms with Crippen molar-refractivity contribution in [3.8, 4) is 0 Å². The van der Waals surface area contributed by atoms with Crippen molar-refractivity contribution in [2.75, 3.05) is 11.9 Å². The third kappa shape index (κ3) is 3.33. The van der Waals surface area contributed by atoms with E-state index in [2.05, 4.69) is 64.3 Å². The lowest BCUT2D eigenvalue weighted by molar-refractivity contribution is 0.556. The number of hydrogen-bond acceptors (Lipinski definition) is 2. The summed E-state index contributed by atoms with van der Waals surface area (Å²) in [6.45, 7) is 5.31. The van der Waals surface area contributed by atoms with Crippen LogP contribution >= 0.6 is 15.9 Å². The highest BCUT2D eigenvalue weighted by molar-refractivity contribution is 9.10. The van der Waals surface area contributed by atoms with Crippen LogP contribution in [0.2, 0.25) is 0 Å². The summed E-state index contributed by atoms with van der Waals surface area (Å²) in [6, 6.07) is 16.4. The van der Waals surface area contributed by atoms with E-state index < -0.39 is 0 Å². The van der Waals surface area contributed by atoms with E-state index in [9.17, 15) is 0 Å². The first-order chi connectivity index (χ1) is 8.58. The van der Waals surface area contributed by atoms with Crippen LogP contribution in [0.15, 0.2) is 53.1 Å². The molecule has 0 spiro atoms. The summed E-state index contributed by atoms with van der Waals surface area (Å²) in [7, 11) is 0. The van der Waals surface area contributed by atoms with Crippen molar-refractivity contribution in [1.29, 1.82) is 0 Å². The maximum Gasteiger partial charge on any atom is 0.127 e. The van der Waals surface area contributed by atoms with Gasteiger partial charge in [0.2, 0.25) is 0 Å². The topological polar surface area (TPSA) is 24.9 Å². The average molecular weight is 305 g/mol. The van der Waals surface area contributed by atoms with Gasteiger partial charge in [-0.1, -0.05) is 50.2 Å². The number of anilines is 1. The third-order valence-corrected chi connectivity index (χ3v) is 3.42. The van der Waals surface area contributed by atoms with Gasteiger partial charge in [0.1, 0.15) is 10.4 Å². The number of nitrogens with zero attached hydrogens (tertiary/aromatic N) is 1. The number of halogens is 1. The van der Waals surface area contributed by atoms with E-state index in [0.29, 0.717) is 0 Å². The van der Waals surface area contributed by atoms with Crippen LogP contribution in [0, 0.1) is 0 Å². The summed E-state index contributed by atoms with van der Waals surface area (Å²) in [5.41, 5.74) is 1.40. The summed E-state index contributed by atoms with van der Waals surface area (Å²) in [5, 5.41) is 3.38. The van der Waals surface area contributed by atoms with Gasteiger partial charge in [0, 0.05) is 12.0 Å². The van der Waals surface area contributed by atoms with Crippen molar-refractivity contribution in [3.63, 3.8) is 0 Å². The first-order valence-corrected chi connectivity index (χ1v) is 6.79. The van der Waals surface area contributed by atoms with Crippen LogP contribution in [0.1, 0.15) is 19.4 Å². The number of benzene rings is 1. The Morgan fingerprint density at radius 2 is 1.78 bits per heavy atom. The fraction of sp³-hybridized carbons (Fsp3) is 0.267. The molecule has 1 aromatic heterocycles. The van der Waals surface area contributed by atoms with Crippen molar-refractivity contribution in [3.05, 3.63) is 58.7 Å². The molecular formula is C15H17BrN2. The van der Waals surface area contributed by atoms with E-state index in [4.69, 9.17) is 0 Å². The van der Waals surface area contributed by atoms with Gasteiger partial charge in [0.05, 0.1) is 0 Å². The Hall–Kier alpha value is -1.35. The highest BCUT2D eigenvalue weighted by atomic mass is 79.9. The molecule has 0 aliphatic carbocycles. The molecule has 2 nitrogen and oxygen atoms in total. The molecule has 0 saturated carbocycles. The molecule has 0 unspecified atom stereocenters. The first-order valence-electron chi connectivity index (χ1n) is 6.00. The summed E-state index contributed by atoms with van der Waals surface area (Å²) in [4.78, 5) is 4.38. The van der Waals surface area contributed by atoms with Crippen LogP contribution in [-0.2, 0) is 5.41 Å². The van der Waals surface area contributed by atoms with Crippen LogP contribution in [0.3, 0.4) is 0 Å². The van der Waals surface area contributed by atoms with Crippen molar-refractivity contribution < 1.29 is 0 Å². The summed E-state index contributed by atoms with van der Waals surface area (Å²) >= 11 is 3.38. The van der Waals surface area contributed by atoms with E-state index in [1.807, 2.05) is 24.3 Å². The lowest BCUT2D eigenvalue weighted by Gasteiger charge is -2.26. The molecule has 18 heavy (non-hydrogen) atoms. The molecule has 2 aromatic rings. The molecule has 0 amide bonds. The van der Waals surface area contributed by atoms with Gasteiger partial charge in [-0.25, -0.2) is 4.98 Å². The van der Waals surface area contributed by atoms with Crippen molar-refractivity contribution in [2.24, 2.45) is 0 Å². The molecule has 0 bridgehead atoms. The fourth-order valence-electron chi connectivity index (χ4n) is 1.81. The van der Waals surface area contributed by atoms with Gasteiger partial charge in [-0.3, -0.25) is 0 Å². The van der Waals surface area contributed by atoms with E-state index >= 15 is 0 Å². The van der Waals surface area contributed by atoms with Crippen LogP contribution in [0.4, 0.5) is 5.82 Å². The van der Waals surface area contributed by atoms with Crippen molar-refractivity contribution in [1.82, 2.24) is 4.98 Å². The van der Waals surface area contributed by atoms with Gasteiger partial charge in [0.15, 0.2) is 0 Å². The van der Waals surface area contributed by atoms with Crippen LogP contribution < -0.4 is 5.32 Å². The van der Waals surface area contributed by atoms with Gasteiger partial charge in [-0.05, 0) is 33.6 Å². The Bertz CT molecular complexity index is 509. The highest BCUT2D eigenvalue weighted by Crippen LogP contribution is 2.23. The molecule has 1 heterocycles. The molecule has 1 N–H and O–H groups in total. The zero-order chi connectivity index (χ0) is 13.0. The van der Waals surface area contributed by atoms with Gasteiger partial charge in [-0.2, -0.15) is 0 Å². The van der Waals surface area contributed by atoms with E-state index in [0.717, 1.165) is 17.0 Å². The summed E-state index contributed by atoms with van der Waals surface area (Å²) in [6.07, 6.45) is 0. The molecule has 1 aromatic carbocycles. The standard InChI is InChI=1S/C15H17BrN2/c1-15(2,12-7-4-3-5-8-12)11-17-14-10-6-9-13(16)18-14/h3-10H,11H2,1-2H3,(H,17,18). The molecule has 0 fully saturated rings. The first kappa shape index (κ1) is 13.1. The summed E-state index contributed by atoms with van der Waals surface area (Å²) in [5.74, 6) is 0.897. The van der Waals surface area contributed by atoms with E-state index in [1.54, 1.807) is 0 Å². The fourth-order valence-corrected chi connectivity index (χ4v) is 2.15. The number of pyridine rings is 1. The number of rotatable bonds is 4. The second-order valence-electron chi connectivity index (χ2n) is 4.95. The molecule has 0 saturated heterocycles. The molecule has 0 radical (unpaired) electrons. The lowest BCUT2D eigenvalue weighted by Crippen LogP contribution is -2.27. The second-order valence-corrected chi connectivity index (χ2v) is 5.76. The van der Waals surface area contributed by atoms with E-state index in [-0.39, 0.29) is 5.41 Å². The van der Waals surface area contributed by atoms with Crippen LogP contribution in [0.5, 0.6) is 0 Å². The predicted molar refractivity (Wildman–Crippen MR) is 79.9 cm³/mol. The minimum absolute atomic E-state index is 0.0747. The average Bonchev–Trinajstić information content (AvgIpc) is 2.38. The largest absolute Gasteiger partial charge is 0.369 e. The van der Waals surface area contributed by atoms with E-state index in [1.165, 1.54) is 5.56 Å². The highest BCUT2D eigenvalue weighted by Gasteiger charge is 2.19. The number of aromatic nitrogens is 1. The summed E-state index contributed by atoms with van der Waals surface area (Å²) < 4.78 is 0.852.